The minimum absolute atomic E-state index is 0.00900. The number of carbonyl (C=O) groups is 1. The second-order valence-electron chi connectivity index (χ2n) is 9.19. The van der Waals surface area contributed by atoms with Gasteiger partial charge in [0, 0.05) is 23.9 Å². The summed E-state index contributed by atoms with van der Waals surface area (Å²) in [5, 5.41) is 4.90. The van der Waals surface area contributed by atoms with E-state index in [1.807, 2.05) is 71.6 Å². The van der Waals surface area contributed by atoms with E-state index in [1.165, 1.54) is 37.4 Å². The molecule has 0 radical (unpaired) electrons. The molecule has 0 bridgehead atoms. The lowest BCUT2D eigenvalue weighted by atomic mass is 10.1. The highest BCUT2D eigenvalue weighted by molar-refractivity contribution is 8.26. The van der Waals surface area contributed by atoms with Crippen molar-refractivity contribution in [1.82, 2.24) is 14.7 Å². The molecular formula is C30H35N3O2S2. The van der Waals surface area contributed by atoms with Gasteiger partial charge < -0.3 is 4.74 Å². The molecule has 1 saturated heterocycles. The van der Waals surface area contributed by atoms with Crippen molar-refractivity contribution in [3.05, 3.63) is 71.3 Å². The molecule has 0 saturated carbocycles. The van der Waals surface area contributed by atoms with E-state index in [2.05, 4.69) is 13.8 Å². The standard InChI is InChI=1S/C30H35N3O2S2/c1-3-5-6-7-8-12-19-32-29(34)27(37-30(32)36)21-24-22-33(25-13-10-9-11-14-25)31-28(24)23-15-17-26(18-16-23)35-20-4-2/h9-11,13-18,21-22H,3-8,12,19-20H2,1-2H3. The number of thiocarbonyl (C=S) groups is 1. The van der Waals surface area contributed by atoms with E-state index >= 15 is 0 Å². The number of ether oxygens (including phenoxy) is 1. The van der Waals surface area contributed by atoms with E-state index < -0.39 is 0 Å². The quantitative estimate of drug-likeness (QED) is 0.127. The van der Waals surface area contributed by atoms with E-state index in [9.17, 15) is 4.79 Å². The van der Waals surface area contributed by atoms with Crippen LogP contribution in [0.1, 0.15) is 64.4 Å². The van der Waals surface area contributed by atoms with Gasteiger partial charge in [-0.15, -0.1) is 0 Å². The average molecular weight is 534 g/mol. The average Bonchev–Trinajstić information content (AvgIpc) is 3.46. The number of rotatable bonds is 13. The first-order chi connectivity index (χ1) is 18.1. The number of nitrogens with zero attached hydrogens (tertiary/aromatic N) is 3. The van der Waals surface area contributed by atoms with Crippen LogP contribution in [0, 0.1) is 0 Å². The van der Waals surface area contributed by atoms with Gasteiger partial charge in [-0.25, -0.2) is 4.68 Å². The molecule has 1 amide bonds. The van der Waals surface area contributed by atoms with Crippen LogP contribution in [-0.4, -0.2) is 38.1 Å². The Balaban J connectivity index is 1.57. The molecule has 7 heteroatoms. The molecule has 4 rings (SSSR count). The highest BCUT2D eigenvalue weighted by atomic mass is 32.2. The van der Waals surface area contributed by atoms with Crippen molar-refractivity contribution >= 4 is 40.3 Å². The highest BCUT2D eigenvalue weighted by Gasteiger charge is 2.32. The lowest BCUT2D eigenvalue weighted by molar-refractivity contribution is -0.122. The molecule has 37 heavy (non-hydrogen) atoms. The van der Waals surface area contributed by atoms with Crippen molar-refractivity contribution in [2.75, 3.05) is 13.2 Å². The summed E-state index contributed by atoms with van der Waals surface area (Å²) >= 11 is 6.96. The van der Waals surface area contributed by atoms with Gasteiger partial charge in [0.1, 0.15) is 10.1 Å². The Morgan fingerprint density at radius 2 is 1.68 bits per heavy atom. The molecular weight excluding hydrogens is 498 g/mol. The lowest BCUT2D eigenvalue weighted by Gasteiger charge is -2.13. The zero-order valence-electron chi connectivity index (χ0n) is 21.7. The van der Waals surface area contributed by atoms with Crippen molar-refractivity contribution in [3.63, 3.8) is 0 Å². The molecule has 194 valence electrons. The van der Waals surface area contributed by atoms with Gasteiger partial charge >= 0.3 is 0 Å². The molecule has 1 aliphatic rings. The topological polar surface area (TPSA) is 47.4 Å². The van der Waals surface area contributed by atoms with Crippen LogP contribution in [0.25, 0.3) is 23.0 Å². The second-order valence-corrected chi connectivity index (χ2v) is 10.9. The summed E-state index contributed by atoms with van der Waals surface area (Å²) in [4.78, 5) is 15.7. The fourth-order valence-electron chi connectivity index (χ4n) is 4.24. The van der Waals surface area contributed by atoms with Gasteiger partial charge in [0.25, 0.3) is 5.91 Å². The van der Waals surface area contributed by atoms with Crippen molar-refractivity contribution < 1.29 is 9.53 Å². The summed E-state index contributed by atoms with van der Waals surface area (Å²) in [7, 11) is 0. The molecule has 3 aromatic rings. The molecule has 2 aromatic carbocycles. The molecule has 1 aromatic heterocycles. The number of carbonyl (C=O) groups excluding carboxylic acids is 1. The van der Waals surface area contributed by atoms with Crippen LogP contribution in [0.3, 0.4) is 0 Å². The third-order valence-electron chi connectivity index (χ3n) is 6.26. The maximum Gasteiger partial charge on any atom is 0.266 e. The smallest absolute Gasteiger partial charge is 0.266 e. The van der Waals surface area contributed by atoms with E-state index in [1.54, 1.807) is 4.90 Å². The molecule has 5 nitrogen and oxygen atoms in total. The van der Waals surface area contributed by atoms with Gasteiger partial charge in [-0.2, -0.15) is 5.10 Å². The molecule has 0 unspecified atom stereocenters. The number of aromatic nitrogens is 2. The second kappa shape index (κ2) is 13.6. The number of hydrogen-bond acceptors (Lipinski definition) is 5. The Kier molecular flexibility index (Phi) is 9.97. The Hall–Kier alpha value is -2.90. The van der Waals surface area contributed by atoms with E-state index in [0.29, 0.717) is 22.4 Å². The van der Waals surface area contributed by atoms with Gasteiger partial charge in [0.05, 0.1) is 22.9 Å². The fourth-order valence-corrected chi connectivity index (χ4v) is 5.54. The Morgan fingerprint density at radius 3 is 2.41 bits per heavy atom. The maximum absolute atomic E-state index is 13.3. The minimum Gasteiger partial charge on any atom is -0.494 e. The van der Waals surface area contributed by atoms with Crippen molar-refractivity contribution in [2.45, 2.75) is 58.8 Å². The number of thioether (sulfide) groups is 1. The van der Waals surface area contributed by atoms with Crippen LogP contribution in [-0.2, 0) is 4.79 Å². The van der Waals surface area contributed by atoms with Gasteiger partial charge in [0.15, 0.2) is 0 Å². The molecule has 0 atom stereocenters. The molecule has 0 N–H and O–H groups in total. The SMILES string of the molecule is CCCCCCCCN1C(=O)C(=Cc2cn(-c3ccccc3)nc2-c2ccc(OCCC)cc2)SC1=S. The maximum atomic E-state index is 13.3. The van der Waals surface area contributed by atoms with Crippen LogP contribution in [0.15, 0.2) is 65.7 Å². The molecule has 1 fully saturated rings. The summed E-state index contributed by atoms with van der Waals surface area (Å²) in [5.41, 5.74) is 3.62. The van der Waals surface area contributed by atoms with Gasteiger partial charge in [0.2, 0.25) is 0 Å². The van der Waals surface area contributed by atoms with Crippen LogP contribution >= 0.6 is 24.0 Å². The summed E-state index contributed by atoms with van der Waals surface area (Å²) in [6.07, 6.45) is 12.0. The van der Waals surface area contributed by atoms with E-state index in [4.69, 9.17) is 22.1 Å². The summed E-state index contributed by atoms with van der Waals surface area (Å²) in [5.74, 6) is 0.829. The highest BCUT2D eigenvalue weighted by Crippen LogP contribution is 2.35. The molecule has 2 heterocycles. The lowest BCUT2D eigenvalue weighted by Crippen LogP contribution is -2.29. The zero-order valence-corrected chi connectivity index (χ0v) is 23.3. The molecule has 0 spiro atoms. The Bertz CT molecular complexity index is 1220. The van der Waals surface area contributed by atoms with Gasteiger partial charge in [-0.05, 0) is 55.3 Å². The predicted octanol–water partition coefficient (Wildman–Crippen LogP) is 7.89. The number of unbranched alkanes of at least 4 members (excludes halogenated alkanes) is 5. The first-order valence-corrected chi connectivity index (χ1v) is 14.5. The number of hydrogen-bond donors (Lipinski definition) is 0. The normalized spacial score (nSPS) is 14.6. The van der Waals surface area contributed by atoms with Crippen molar-refractivity contribution in [3.8, 4) is 22.7 Å². The largest absolute Gasteiger partial charge is 0.494 e. The van der Waals surface area contributed by atoms with Gasteiger partial charge in [-0.1, -0.05) is 88.1 Å². The van der Waals surface area contributed by atoms with Gasteiger partial charge in [-0.3, -0.25) is 9.69 Å². The fraction of sp³-hybridized carbons (Fsp3) is 0.367. The van der Waals surface area contributed by atoms with E-state index in [0.717, 1.165) is 47.5 Å². The Labute approximate surface area is 229 Å². The summed E-state index contributed by atoms with van der Waals surface area (Å²) < 4.78 is 8.25. The first kappa shape index (κ1) is 27.1. The minimum atomic E-state index is -0.00900. The predicted molar refractivity (Wildman–Crippen MR) is 158 cm³/mol. The monoisotopic (exact) mass is 533 g/mol. The van der Waals surface area contributed by atoms with Crippen molar-refractivity contribution in [2.24, 2.45) is 0 Å². The number of amides is 1. The summed E-state index contributed by atoms with van der Waals surface area (Å²) in [6.45, 7) is 5.68. The molecule has 0 aliphatic carbocycles. The third-order valence-corrected chi connectivity index (χ3v) is 7.64. The van der Waals surface area contributed by atoms with Crippen LogP contribution < -0.4 is 4.74 Å². The zero-order chi connectivity index (χ0) is 26.0. The number of benzene rings is 2. The molecule has 1 aliphatic heterocycles. The number of para-hydroxylation sites is 1. The van der Waals surface area contributed by atoms with Crippen molar-refractivity contribution in [1.29, 1.82) is 0 Å². The van der Waals surface area contributed by atoms with E-state index in [-0.39, 0.29) is 5.91 Å². The van der Waals surface area contributed by atoms with Crippen LogP contribution in [0.4, 0.5) is 0 Å². The first-order valence-electron chi connectivity index (χ1n) is 13.2. The summed E-state index contributed by atoms with van der Waals surface area (Å²) in [6, 6.07) is 18.0. The third kappa shape index (κ3) is 7.11. The van der Waals surface area contributed by atoms with Crippen LogP contribution in [0.5, 0.6) is 5.75 Å². The van der Waals surface area contributed by atoms with Crippen LogP contribution in [0.2, 0.25) is 0 Å². The Morgan fingerprint density at radius 1 is 0.946 bits per heavy atom.